The molecule has 0 radical (unpaired) electrons. The smallest absolute Gasteiger partial charge is 0.228 e. The largest absolute Gasteiger partial charge is 0.349 e. The third-order valence-electron chi connectivity index (χ3n) is 4.54. The Balaban J connectivity index is 0.00000144. The fraction of sp³-hybridized carbons (Fsp3) is 0.667. The Morgan fingerprint density at radius 1 is 1.33 bits per heavy atom. The first kappa shape index (κ1) is 21.2. The van der Waals surface area contributed by atoms with Gasteiger partial charge in [0.05, 0.1) is 17.7 Å². The van der Waals surface area contributed by atoms with E-state index in [0.29, 0.717) is 18.1 Å². The van der Waals surface area contributed by atoms with Crippen LogP contribution in [0.25, 0.3) is 0 Å². The van der Waals surface area contributed by atoms with Gasteiger partial charge in [0.2, 0.25) is 11.8 Å². The van der Waals surface area contributed by atoms with Crippen LogP contribution < -0.4 is 16.0 Å². The molecule has 1 saturated heterocycles. The molecule has 1 saturated carbocycles. The highest BCUT2D eigenvalue weighted by Gasteiger charge is 2.34. The summed E-state index contributed by atoms with van der Waals surface area (Å²) in [7, 11) is 0. The lowest BCUT2D eigenvalue weighted by molar-refractivity contribution is -0.122. The van der Waals surface area contributed by atoms with E-state index in [1.54, 1.807) is 4.90 Å². The molecule has 0 unspecified atom stereocenters. The molecular formula is C15H24Cl2N4O2S. The van der Waals surface area contributed by atoms with Crippen LogP contribution in [0, 0.1) is 0 Å². The van der Waals surface area contributed by atoms with Gasteiger partial charge in [-0.1, -0.05) is 12.8 Å². The van der Waals surface area contributed by atoms with Crippen LogP contribution in [0.1, 0.15) is 44.2 Å². The summed E-state index contributed by atoms with van der Waals surface area (Å²) in [6.07, 6.45) is 5.88. The van der Waals surface area contributed by atoms with Crippen LogP contribution in [0.3, 0.4) is 0 Å². The van der Waals surface area contributed by atoms with Crippen molar-refractivity contribution in [1.82, 2.24) is 10.3 Å². The third-order valence-corrected chi connectivity index (χ3v) is 5.45. The minimum Gasteiger partial charge on any atom is -0.349 e. The van der Waals surface area contributed by atoms with Crippen LogP contribution in [-0.4, -0.2) is 35.4 Å². The Labute approximate surface area is 158 Å². The molecule has 136 valence electrons. The second-order valence-corrected chi connectivity index (χ2v) is 7.02. The lowest BCUT2D eigenvalue weighted by atomic mass is 9.97. The van der Waals surface area contributed by atoms with E-state index >= 15 is 0 Å². The number of anilines is 1. The van der Waals surface area contributed by atoms with Gasteiger partial charge in [-0.15, -0.1) is 36.2 Å². The normalized spacial score (nSPS) is 18.9. The van der Waals surface area contributed by atoms with E-state index in [2.05, 4.69) is 10.3 Å². The maximum atomic E-state index is 12.2. The number of hydrogen-bond donors (Lipinski definition) is 2. The molecule has 1 aromatic heterocycles. The van der Waals surface area contributed by atoms with Crippen molar-refractivity contribution in [3.05, 3.63) is 11.1 Å². The summed E-state index contributed by atoms with van der Waals surface area (Å²) in [5, 5.41) is 5.67. The zero-order valence-corrected chi connectivity index (χ0v) is 15.9. The van der Waals surface area contributed by atoms with Gasteiger partial charge in [0.15, 0.2) is 5.13 Å². The lowest BCUT2D eigenvalue weighted by Gasteiger charge is -2.28. The number of rotatable bonds is 5. The van der Waals surface area contributed by atoms with E-state index in [1.807, 2.05) is 5.38 Å². The Kier molecular flexibility index (Phi) is 7.92. The molecule has 3 N–H and O–H groups in total. The average Bonchev–Trinajstić information content (AvgIpc) is 3.20. The number of carbonyl (C=O) groups excluding carboxylic acids is 2. The predicted molar refractivity (Wildman–Crippen MR) is 100 cm³/mol. The van der Waals surface area contributed by atoms with Gasteiger partial charge in [-0.05, 0) is 19.3 Å². The van der Waals surface area contributed by atoms with Gasteiger partial charge < -0.3 is 11.1 Å². The molecule has 0 aromatic carbocycles. The molecule has 9 heteroatoms. The average molecular weight is 395 g/mol. The number of aromatic nitrogens is 1. The van der Waals surface area contributed by atoms with E-state index in [-0.39, 0.29) is 48.6 Å². The number of amides is 2. The van der Waals surface area contributed by atoms with Crippen molar-refractivity contribution in [2.45, 2.75) is 50.5 Å². The minimum atomic E-state index is -0.221. The summed E-state index contributed by atoms with van der Waals surface area (Å²) < 4.78 is 0. The number of carbonyl (C=O) groups is 2. The number of nitrogens with one attached hydrogen (secondary N) is 1. The molecule has 1 aliphatic carbocycles. The molecule has 1 aromatic rings. The zero-order valence-electron chi connectivity index (χ0n) is 13.5. The van der Waals surface area contributed by atoms with Crippen molar-refractivity contribution in [3.63, 3.8) is 0 Å². The van der Waals surface area contributed by atoms with E-state index in [9.17, 15) is 9.59 Å². The number of thiazole rings is 1. The zero-order chi connectivity index (χ0) is 15.6. The van der Waals surface area contributed by atoms with E-state index in [4.69, 9.17) is 5.73 Å². The van der Waals surface area contributed by atoms with Crippen LogP contribution in [0.4, 0.5) is 5.13 Å². The van der Waals surface area contributed by atoms with Gasteiger partial charge in [-0.3, -0.25) is 14.5 Å². The summed E-state index contributed by atoms with van der Waals surface area (Å²) in [6.45, 7) is 1.22. The second-order valence-electron chi connectivity index (χ2n) is 6.19. The van der Waals surface area contributed by atoms with Crippen molar-refractivity contribution in [2.75, 3.05) is 18.0 Å². The fourth-order valence-electron chi connectivity index (χ4n) is 3.29. The van der Waals surface area contributed by atoms with Crippen LogP contribution in [0.2, 0.25) is 0 Å². The monoisotopic (exact) mass is 394 g/mol. The second kappa shape index (κ2) is 8.99. The molecular weight excluding hydrogens is 371 g/mol. The Bertz CT molecular complexity index is 576. The maximum Gasteiger partial charge on any atom is 0.228 e. The molecule has 2 heterocycles. The highest BCUT2D eigenvalue weighted by molar-refractivity contribution is 7.14. The molecule has 1 aliphatic heterocycles. The molecule has 0 atom stereocenters. The molecule has 6 nitrogen and oxygen atoms in total. The van der Waals surface area contributed by atoms with Gasteiger partial charge in [0.25, 0.3) is 0 Å². The van der Waals surface area contributed by atoms with Gasteiger partial charge >= 0.3 is 0 Å². The van der Waals surface area contributed by atoms with Crippen LogP contribution in [0.5, 0.6) is 0 Å². The summed E-state index contributed by atoms with van der Waals surface area (Å²) in [4.78, 5) is 30.1. The Morgan fingerprint density at radius 2 is 2.04 bits per heavy atom. The third kappa shape index (κ3) is 4.59. The van der Waals surface area contributed by atoms with Gasteiger partial charge in [-0.2, -0.15) is 0 Å². The number of nitrogens with zero attached hydrogens (tertiary/aromatic N) is 2. The first-order valence-corrected chi connectivity index (χ1v) is 8.76. The standard InChI is InChI=1S/C15H22N4O2S.2ClH/c16-10-15(5-1-2-6-15)18-12(20)8-11-9-22-14(17-11)19-7-3-4-13(19)21;;/h9H,1-8,10,16H2,(H,18,20);2*1H. The van der Waals surface area contributed by atoms with Crippen molar-refractivity contribution in [3.8, 4) is 0 Å². The fourth-order valence-corrected chi connectivity index (χ4v) is 4.16. The maximum absolute atomic E-state index is 12.2. The first-order valence-electron chi connectivity index (χ1n) is 7.88. The van der Waals surface area contributed by atoms with Crippen LogP contribution >= 0.6 is 36.2 Å². The predicted octanol–water partition coefficient (Wildman–Crippen LogP) is 2.04. The first-order chi connectivity index (χ1) is 10.6. The molecule has 0 spiro atoms. The molecule has 2 aliphatic rings. The molecule has 0 bridgehead atoms. The number of halogens is 2. The summed E-state index contributed by atoms with van der Waals surface area (Å²) in [5.41, 5.74) is 6.34. The highest BCUT2D eigenvalue weighted by atomic mass is 35.5. The van der Waals surface area contributed by atoms with Crippen LogP contribution in [0.15, 0.2) is 5.38 Å². The number of nitrogens with two attached hydrogens (primary N) is 1. The van der Waals surface area contributed by atoms with Crippen molar-refractivity contribution >= 4 is 53.1 Å². The van der Waals surface area contributed by atoms with Gasteiger partial charge in [0.1, 0.15) is 0 Å². The van der Waals surface area contributed by atoms with Gasteiger partial charge in [-0.25, -0.2) is 4.98 Å². The van der Waals surface area contributed by atoms with Crippen molar-refractivity contribution < 1.29 is 9.59 Å². The molecule has 3 rings (SSSR count). The quantitative estimate of drug-likeness (QED) is 0.799. The molecule has 2 fully saturated rings. The van der Waals surface area contributed by atoms with Crippen LogP contribution in [-0.2, 0) is 16.0 Å². The summed E-state index contributed by atoms with van der Waals surface area (Å²) >= 11 is 1.43. The lowest BCUT2D eigenvalue weighted by Crippen LogP contribution is -2.52. The van der Waals surface area contributed by atoms with Crippen molar-refractivity contribution in [1.29, 1.82) is 0 Å². The van der Waals surface area contributed by atoms with E-state index < -0.39 is 0 Å². The van der Waals surface area contributed by atoms with Gasteiger partial charge in [0, 0.05) is 24.9 Å². The van der Waals surface area contributed by atoms with E-state index in [1.165, 1.54) is 11.3 Å². The molecule has 2 amide bonds. The Hall–Kier alpha value is -0.890. The molecule has 24 heavy (non-hydrogen) atoms. The summed E-state index contributed by atoms with van der Waals surface area (Å²) in [5.74, 6) is 0.0929. The number of hydrogen-bond acceptors (Lipinski definition) is 5. The minimum absolute atomic E-state index is 0. The van der Waals surface area contributed by atoms with Crippen molar-refractivity contribution in [2.24, 2.45) is 5.73 Å². The Morgan fingerprint density at radius 3 is 2.62 bits per heavy atom. The topological polar surface area (TPSA) is 88.3 Å². The highest BCUT2D eigenvalue weighted by Crippen LogP contribution is 2.29. The SMILES string of the molecule is Cl.Cl.NCC1(NC(=O)Cc2csc(N3CCCC3=O)n2)CCCC1. The van der Waals surface area contributed by atoms with E-state index in [0.717, 1.165) is 44.3 Å². The summed E-state index contributed by atoms with van der Waals surface area (Å²) in [6, 6.07) is 0.